The molecule has 2 aromatic heterocycles. The molecule has 0 aliphatic heterocycles. The van der Waals surface area contributed by atoms with Crippen molar-refractivity contribution in [3.05, 3.63) is 96.4 Å². The third-order valence-electron chi connectivity index (χ3n) is 4.55. The molecule has 0 atom stereocenters. The maximum absolute atomic E-state index is 12.6. The Hall–Kier alpha value is -4.26. The van der Waals surface area contributed by atoms with Gasteiger partial charge in [-0.2, -0.15) is 0 Å². The summed E-state index contributed by atoms with van der Waals surface area (Å²) in [5, 5.41) is 6.56. The number of aromatic nitrogens is 2. The number of nitrogens with one attached hydrogen (secondary N) is 2. The van der Waals surface area contributed by atoms with Gasteiger partial charge < -0.3 is 15.4 Å². The molecule has 0 radical (unpaired) electrons. The highest BCUT2D eigenvalue weighted by atomic mass is 16.5. The van der Waals surface area contributed by atoms with Crippen LogP contribution in [0.15, 0.2) is 85.2 Å². The number of anilines is 1. The Balaban J connectivity index is 1.39. The summed E-state index contributed by atoms with van der Waals surface area (Å²) in [5.41, 5.74) is 2.40. The molecule has 2 heterocycles. The van der Waals surface area contributed by atoms with E-state index in [0.29, 0.717) is 29.1 Å². The van der Waals surface area contributed by atoms with Crippen molar-refractivity contribution in [3.8, 4) is 5.75 Å². The lowest BCUT2D eigenvalue weighted by Crippen LogP contribution is -2.25. The summed E-state index contributed by atoms with van der Waals surface area (Å²) in [5.74, 6) is -0.325. The number of nitrogens with zero attached hydrogens (tertiary/aromatic N) is 2. The molecule has 0 unspecified atom stereocenters. The van der Waals surface area contributed by atoms with Gasteiger partial charge >= 0.3 is 0 Å². The lowest BCUT2D eigenvalue weighted by molar-refractivity contribution is -0.118. The molecule has 2 amide bonds. The van der Waals surface area contributed by atoms with E-state index in [9.17, 15) is 9.59 Å². The van der Waals surface area contributed by atoms with Crippen LogP contribution in [0.1, 0.15) is 16.1 Å². The van der Waals surface area contributed by atoms with Gasteiger partial charge in [-0.05, 0) is 36.4 Å². The van der Waals surface area contributed by atoms with Crippen LogP contribution < -0.4 is 15.4 Å². The van der Waals surface area contributed by atoms with Crippen molar-refractivity contribution in [2.75, 3.05) is 11.9 Å². The van der Waals surface area contributed by atoms with Gasteiger partial charge in [-0.1, -0.05) is 36.4 Å². The number of fused-ring (bicyclic) bond motifs is 1. The normalized spacial score (nSPS) is 10.5. The number of rotatable bonds is 7. The number of carbonyl (C=O) groups is 2. The number of carbonyl (C=O) groups excluding carboxylic acids is 2. The van der Waals surface area contributed by atoms with Crippen LogP contribution in [-0.4, -0.2) is 28.4 Å². The summed E-state index contributed by atoms with van der Waals surface area (Å²) < 4.78 is 5.65. The van der Waals surface area contributed by atoms with E-state index in [2.05, 4.69) is 20.6 Å². The standard InChI is InChI=1S/C24H20N4O3/c29-22(28-20-11-5-7-17-8-6-14-26-23(17)20)16-31-21-12-2-1-10-19(21)24(30)27-15-18-9-3-4-13-25-18/h1-14H,15-16H2,(H,27,30)(H,28,29). The Morgan fingerprint density at radius 3 is 2.52 bits per heavy atom. The summed E-state index contributed by atoms with van der Waals surface area (Å²) >= 11 is 0. The van der Waals surface area contributed by atoms with Crippen LogP contribution in [0.4, 0.5) is 5.69 Å². The van der Waals surface area contributed by atoms with Crippen molar-refractivity contribution in [3.63, 3.8) is 0 Å². The number of ether oxygens (including phenoxy) is 1. The minimum absolute atomic E-state index is 0.242. The first-order valence-electron chi connectivity index (χ1n) is 9.74. The van der Waals surface area contributed by atoms with Crippen LogP contribution in [0.3, 0.4) is 0 Å². The van der Waals surface area contributed by atoms with E-state index >= 15 is 0 Å². The molecule has 0 fully saturated rings. The molecule has 2 aromatic carbocycles. The molecule has 0 spiro atoms. The number of para-hydroxylation sites is 2. The largest absolute Gasteiger partial charge is 0.483 e. The van der Waals surface area contributed by atoms with E-state index in [1.807, 2.05) is 42.5 Å². The zero-order valence-corrected chi connectivity index (χ0v) is 16.6. The smallest absolute Gasteiger partial charge is 0.262 e. The third-order valence-corrected chi connectivity index (χ3v) is 4.55. The molecule has 0 saturated carbocycles. The second-order valence-corrected chi connectivity index (χ2v) is 6.72. The van der Waals surface area contributed by atoms with Gasteiger partial charge in [0.1, 0.15) is 5.75 Å². The molecule has 154 valence electrons. The Morgan fingerprint density at radius 1 is 0.839 bits per heavy atom. The van der Waals surface area contributed by atoms with Crippen molar-refractivity contribution in [1.29, 1.82) is 0 Å². The van der Waals surface area contributed by atoms with Crippen LogP contribution in [0.2, 0.25) is 0 Å². The number of hydrogen-bond acceptors (Lipinski definition) is 5. The fourth-order valence-electron chi connectivity index (χ4n) is 3.08. The second-order valence-electron chi connectivity index (χ2n) is 6.72. The van der Waals surface area contributed by atoms with Crippen molar-refractivity contribution in [2.24, 2.45) is 0 Å². The average molecular weight is 412 g/mol. The van der Waals surface area contributed by atoms with Crippen molar-refractivity contribution in [2.45, 2.75) is 6.54 Å². The molecular weight excluding hydrogens is 392 g/mol. The monoisotopic (exact) mass is 412 g/mol. The third kappa shape index (κ3) is 5.02. The van der Waals surface area contributed by atoms with Gasteiger partial charge in [-0.15, -0.1) is 0 Å². The summed E-state index contributed by atoms with van der Waals surface area (Å²) in [6, 6.07) is 21.6. The van der Waals surface area contributed by atoms with Crippen LogP contribution in [-0.2, 0) is 11.3 Å². The Kier molecular flexibility index (Phi) is 6.13. The van der Waals surface area contributed by atoms with Gasteiger partial charge in [-0.25, -0.2) is 0 Å². The molecule has 0 aliphatic rings. The molecule has 7 nitrogen and oxygen atoms in total. The number of benzene rings is 2. The molecular formula is C24H20N4O3. The maximum Gasteiger partial charge on any atom is 0.262 e. The van der Waals surface area contributed by atoms with Crippen molar-refractivity contribution >= 4 is 28.4 Å². The van der Waals surface area contributed by atoms with Gasteiger partial charge in [0, 0.05) is 17.8 Å². The van der Waals surface area contributed by atoms with Crippen LogP contribution in [0, 0.1) is 0 Å². The molecule has 0 saturated heterocycles. The van der Waals surface area contributed by atoms with E-state index in [1.165, 1.54) is 0 Å². The predicted molar refractivity (Wildman–Crippen MR) is 118 cm³/mol. The summed E-state index contributed by atoms with van der Waals surface area (Å²) in [4.78, 5) is 33.5. The van der Waals surface area contributed by atoms with Gasteiger partial charge in [0.05, 0.1) is 29.0 Å². The second kappa shape index (κ2) is 9.49. The van der Waals surface area contributed by atoms with Gasteiger partial charge in [0.2, 0.25) is 0 Å². The van der Waals surface area contributed by atoms with Crippen LogP contribution >= 0.6 is 0 Å². The van der Waals surface area contributed by atoms with Gasteiger partial charge in [0.25, 0.3) is 11.8 Å². The maximum atomic E-state index is 12.6. The summed E-state index contributed by atoms with van der Waals surface area (Å²) in [6.07, 6.45) is 3.34. The minimum atomic E-state index is -0.346. The molecule has 7 heteroatoms. The number of amides is 2. The highest BCUT2D eigenvalue weighted by Crippen LogP contribution is 2.21. The van der Waals surface area contributed by atoms with Gasteiger partial charge in [-0.3, -0.25) is 19.6 Å². The zero-order chi connectivity index (χ0) is 21.5. The van der Waals surface area contributed by atoms with E-state index in [-0.39, 0.29) is 18.4 Å². The fourth-order valence-corrected chi connectivity index (χ4v) is 3.08. The Labute approximate surface area is 179 Å². The lowest BCUT2D eigenvalue weighted by atomic mass is 10.2. The zero-order valence-electron chi connectivity index (χ0n) is 16.6. The summed E-state index contributed by atoms with van der Waals surface area (Å²) in [6.45, 7) is 0.0519. The first kappa shape index (κ1) is 20.0. The summed E-state index contributed by atoms with van der Waals surface area (Å²) in [7, 11) is 0. The molecule has 31 heavy (non-hydrogen) atoms. The molecule has 0 aliphatic carbocycles. The topological polar surface area (TPSA) is 93.2 Å². The van der Waals surface area contributed by atoms with E-state index in [1.54, 1.807) is 42.7 Å². The average Bonchev–Trinajstić information content (AvgIpc) is 2.82. The first-order valence-corrected chi connectivity index (χ1v) is 9.74. The highest BCUT2D eigenvalue weighted by Gasteiger charge is 2.14. The Morgan fingerprint density at radius 2 is 1.65 bits per heavy atom. The Bertz CT molecular complexity index is 1210. The van der Waals surface area contributed by atoms with E-state index in [4.69, 9.17) is 4.74 Å². The molecule has 4 rings (SSSR count). The lowest BCUT2D eigenvalue weighted by Gasteiger charge is -2.12. The SMILES string of the molecule is O=C(COc1ccccc1C(=O)NCc1ccccn1)Nc1cccc2cccnc12. The van der Waals surface area contributed by atoms with Crippen molar-refractivity contribution in [1.82, 2.24) is 15.3 Å². The van der Waals surface area contributed by atoms with Gasteiger partial charge in [0.15, 0.2) is 6.61 Å². The molecule has 0 bridgehead atoms. The quantitative estimate of drug-likeness (QED) is 0.484. The first-order chi connectivity index (χ1) is 15.2. The van der Waals surface area contributed by atoms with E-state index in [0.717, 1.165) is 11.1 Å². The highest BCUT2D eigenvalue weighted by molar-refractivity contribution is 6.01. The van der Waals surface area contributed by atoms with Crippen LogP contribution in [0.5, 0.6) is 5.75 Å². The predicted octanol–water partition coefficient (Wildman–Crippen LogP) is 3.58. The fraction of sp³-hybridized carbons (Fsp3) is 0.0833. The van der Waals surface area contributed by atoms with E-state index < -0.39 is 0 Å². The minimum Gasteiger partial charge on any atom is -0.483 e. The van der Waals surface area contributed by atoms with Crippen LogP contribution in [0.25, 0.3) is 10.9 Å². The molecule has 2 N–H and O–H groups in total. The number of pyridine rings is 2. The number of hydrogen-bond donors (Lipinski definition) is 2. The molecule has 4 aromatic rings. The van der Waals surface area contributed by atoms with Crippen molar-refractivity contribution < 1.29 is 14.3 Å².